The molecular weight excluding hydrogens is 248 g/mol. The molecule has 0 unspecified atom stereocenters. The zero-order chi connectivity index (χ0) is 11.5. The van der Waals surface area contributed by atoms with Gasteiger partial charge in [-0.3, -0.25) is 4.98 Å². The number of halogens is 1. The Morgan fingerprint density at radius 3 is 2.28 bits per heavy atom. The molecule has 0 saturated carbocycles. The number of rotatable bonds is 2. The van der Waals surface area contributed by atoms with E-state index in [1.54, 1.807) is 18.6 Å². The Hall–Kier alpha value is -2.13. The van der Waals surface area contributed by atoms with Gasteiger partial charge in [-0.1, -0.05) is 30.3 Å². The molecule has 0 bridgehead atoms. The molecule has 2 aromatic heterocycles. The van der Waals surface area contributed by atoms with Crippen LogP contribution in [0.5, 0.6) is 0 Å². The molecule has 0 amide bonds. The molecule has 0 radical (unpaired) electrons. The molecule has 18 heavy (non-hydrogen) atoms. The van der Waals surface area contributed by atoms with Crippen LogP contribution in [0.25, 0.3) is 22.8 Å². The average molecular weight is 259 g/mol. The van der Waals surface area contributed by atoms with Gasteiger partial charge in [-0.25, -0.2) is 4.98 Å². The molecule has 0 spiro atoms. The van der Waals surface area contributed by atoms with E-state index in [0.29, 0.717) is 5.89 Å². The number of benzene rings is 1. The molecule has 3 rings (SSSR count). The Labute approximate surface area is 111 Å². The average Bonchev–Trinajstić information content (AvgIpc) is 2.90. The summed E-state index contributed by atoms with van der Waals surface area (Å²) in [5, 5.41) is 0. The third-order valence-electron chi connectivity index (χ3n) is 2.49. The smallest absolute Gasteiger partial charge is 0.226 e. The van der Waals surface area contributed by atoms with Gasteiger partial charge in [0.2, 0.25) is 5.89 Å². The maximum atomic E-state index is 5.72. The fraction of sp³-hybridized carbons (Fsp3) is 0. The first-order chi connectivity index (χ1) is 8.43. The minimum absolute atomic E-state index is 0. The zero-order valence-corrected chi connectivity index (χ0v) is 10.3. The van der Waals surface area contributed by atoms with Crippen LogP contribution in [0.3, 0.4) is 0 Å². The lowest BCUT2D eigenvalue weighted by molar-refractivity contribution is 0.589. The quantitative estimate of drug-likeness (QED) is 0.701. The van der Waals surface area contributed by atoms with E-state index in [4.69, 9.17) is 4.42 Å². The molecule has 90 valence electrons. The van der Waals surface area contributed by atoms with Gasteiger partial charge < -0.3 is 4.42 Å². The molecule has 0 aliphatic heterocycles. The number of pyridine rings is 1. The van der Waals surface area contributed by atoms with Crippen molar-refractivity contribution < 1.29 is 4.42 Å². The van der Waals surface area contributed by atoms with Gasteiger partial charge in [0, 0.05) is 23.5 Å². The standard InChI is InChI=1S/C14H10N2O.ClH/c1-2-4-11(5-3-1)13-10-16-14(17-13)12-6-8-15-9-7-12;/h1-10H;1H. The number of hydrogen-bond acceptors (Lipinski definition) is 3. The summed E-state index contributed by atoms with van der Waals surface area (Å²) in [7, 11) is 0. The van der Waals surface area contributed by atoms with Crippen molar-refractivity contribution in [2.75, 3.05) is 0 Å². The summed E-state index contributed by atoms with van der Waals surface area (Å²) in [5.41, 5.74) is 1.96. The van der Waals surface area contributed by atoms with Gasteiger partial charge in [0.05, 0.1) is 6.20 Å². The lowest BCUT2D eigenvalue weighted by Gasteiger charge is -1.95. The van der Waals surface area contributed by atoms with Crippen LogP contribution in [0.2, 0.25) is 0 Å². The Bertz CT molecular complexity index is 554. The van der Waals surface area contributed by atoms with Crippen LogP contribution in [0.4, 0.5) is 0 Å². The monoisotopic (exact) mass is 258 g/mol. The number of oxazole rings is 1. The summed E-state index contributed by atoms with van der Waals surface area (Å²) in [4.78, 5) is 8.23. The summed E-state index contributed by atoms with van der Waals surface area (Å²) in [6.07, 6.45) is 5.19. The highest BCUT2D eigenvalue weighted by Crippen LogP contribution is 2.25. The number of nitrogens with zero attached hydrogens (tertiary/aromatic N) is 2. The van der Waals surface area contributed by atoms with Gasteiger partial charge in [0.1, 0.15) is 0 Å². The number of hydrogen-bond donors (Lipinski definition) is 0. The maximum Gasteiger partial charge on any atom is 0.226 e. The molecule has 0 aliphatic rings. The third-order valence-corrected chi connectivity index (χ3v) is 2.49. The molecule has 3 nitrogen and oxygen atoms in total. The van der Waals surface area contributed by atoms with Gasteiger partial charge in [0.15, 0.2) is 5.76 Å². The van der Waals surface area contributed by atoms with E-state index in [9.17, 15) is 0 Å². The minimum Gasteiger partial charge on any atom is -0.436 e. The predicted molar refractivity (Wildman–Crippen MR) is 72.4 cm³/mol. The predicted octanol–water partition coefficient (Wildman–Crippen LogP) is 3.83. The normalized spacial score (nSPS) is 9.78. The van der Waals surface area contributed by atoms with E-state index in [2.05, 4.69) is 9.97 Å². The van der Waals surface area contributed by atoms with Crippen LogP contribution in [0, 0.1) is 0 Å². The first kappa shape index (κ1) is 12.3. The zero-order valence-electron chi connectivity index (χ0n) is 9.48. The van der Waals surface area contributed by atoms with Crippen molar-refractivity contribution >= 4 is 12.4 Å². The molecule has 0 fully saturated rings. The molecule has 0 atom stereocenters. The molecule has 0 aliphatic carbocycles. The summed E-state index contributed by atoms with van der Waals surface area (Å²) in [5.74, 6) is 1.39. The lowest BCUT2D eigenvalue weighted by Crippen LogP contribution is -1.76. The van der Waals surface area contributed by atoms with Crippen LogP contribution >= 0.6 is 12.4 Å². The molecule has 4 heteroatoms. The van der Waals surface area contributed by atoms with Crippen molar-refractivity contribution in [2.45, 2.75) is 0 Å². The van der Waals surface area contributed by atoms with E-state index in [1.165, 1.54) is 0 Å². The summed E-state index contributed by atoms with van der Waals surface area (Å²) >= 11 is 0. The van der Waals surface area contributed by atoms with E-state index < -0.39 is 0 Å². The lowest BCUT2D eigenvalue weighted by atomic mass is 10.2. The molecule has 3 aromatic rings. The summed E-state index contributed by atoms with van der Waals surface area (Å²) in [6.45, 7) is 0. The summed E-state index contributed by atoms with van der Waals surface area (Å²) in [6, 6.07) is 13.7. The van der Waals surface area contributed by atoms with Crippen LogP contribution in [-0.2, 0) is 0 Å². The van der Waals surface area contributed by atoms with Crippen LogP contribution in [-0.4, -0.2) is 9.97 Å². The fourth-order valence-electron chi connectivity index (χ4n) is 1.64. The second kappa shape index (κ2) is 5.47. The minimum atomic E-state index is 0. The Morgan fingerprint density at radius 1 is 0.833 bits per heavy atom. The Morgan fingerprint density at radius 2 is 1.56 bits per heavy atom. The first-order valence-electron chi connectivity index (χ1n) is 5.35. The van der Waals surface area contributed by atoms with Crippen molar-refractivity contribution in [1.29, 1.82) is 0 Å². The van der Waals surface area contributed by atoms with Crippen molar-refractivity contribution in [2.24, 2.45) is 0 Å². The topological polar surface area (TPSA) is 38.9 Å². The maximum absolute atomic E-state index is 5.72. The van der Waals surface area contributed by atoms with Gasteiger partial charge in [-0.15, -0.1) is 12.4 Å². The van der Waals surface area contributed by atoms with Crippen LogP contribution < -0.4 is 0 Å². The van der Waals surface area contributed by atoms with Gasteiger partial charge >= 0.3 is 0 Å². The van der Waals surface area contributed by atoms with E-state index in [1.807, 2.05) is 42.5 Å². The van der Waals surface area contributed by atoms with Crippen molar-refractivity contribution in [3.05, 3.63) is 61.1 Å². The molecule has 1 aromatic carbocycles. The molecule has 2 heterocycles. The second-order valence-corrected chi connectivity index (χ2v) is 3.63. The van der Waals surface area contributed by atoms with Crippen LogP contribution in [0.15, 0.2) is 65.5 Å². The number of aromatic nitrogens is 2. The first-order valence-corrected chi connectivity index (χ1v) is 5.35. The Kier molecular flexibility index (Phi) is 3.75. The van der Waals surface area contributed by atoms with Crippen molar-refractivity contribution in [3.8, 4) is 22.8 Å². The van der Waals surface area contributed by atoms with Crippen molar-refractivity contribution in [1.82, 2.24) is 9.97 Å². The van der Waals surface area contributed by atoms with Crippen LogP contribution in [0.1, 0.15) is 0 Å². The highest BCUT2D eigenvalue weighted by atomic mass is 35.5. The van der Waals surface area contributed by atoms with Gasteiger partial charge in [-0.05, 0) is 12.1 Å². The molecule has 0 saturated heterocycles. The third kappa shape index (κ3) is 2.41. The SMILES string of the molecule is Cl.c1ccc(-c2cnc(-c3ccncc3)o2)cc1. The highest BCUT2D eigenvalue weighted by Gasteiger charge is 2.07. The van der Waals surface area contributed by atoms with E-state index in [0.717, 1.165) is 16.9 Å². The molecule has 0 N–H and O–H groups in total. The van der Waals surface area contributed by atoms with E-state index in [-0.39, 0.29) is 12.4 Å². The van der Waals surface area contributed by atoms with Gasteiger partial charge in [-0.2, -0.15) is 0 Å². The largest absolute Gasteiger partial charge is 0.436 e. The summed E-state index contributed by atoms with van der Waals surface area (Å²) < 4.78 is 5.72. The van der Waals surface area contributed by atoms with Gasteiger partial charge in [0.25, 0.3) is 0 Å². The Balaban J connectivity index is 0.00000120. The fourth-order valence-corrected chi connectivity index (χ4v) is 1.64. The second-order valence-electron chi connectivity index (χ2n) is 3.63. The molecular formula is C14H11ClN2O. The van der Waals surface area contributed by atoms with E-state index >= 15 is 0 Å². The highest BCUT2D eigenvalue weighted by molar-refractivity contribution is 5.85. The van der Waals surface area contributed by atoms with Crippen molar-refractivity contribution in [3.63, 3.8) is 0 Å².